The molecule has 124 valence electrons. The van der Waals surface area contributed by atoms with Gasteiger partial charge in [-0.25, -0.2) is 0 Å². The zero-order valence-electron chi connectivity index (χ0n) is 13.0. The number of likely N-dealkylation sites (tertiary alicyclic amines) is 1. The van der Waals surface area contributed by atoms with E-state index < -0.39 is 11.5 Å². The predicted molar refractivity (Wildman–Crippen MR) is 90.8 cm³/mol. The molecule has 23 heavy (non-hydrogen) atoms. The number of nitrogens with two attached hydrogens (primary N) is 1. The van der Waals surface area contributed by atoms with Crippen molar-refractivity contribution in [3.8, 4) is 0 Å². The molecule has 1 fully saturated rings. The molecule has 1 spiro atoms. The second kappa shape index (κ2) is 5.65. The van der Waals surface area contributed by atoms with E-state index in [-0.39, 0.29) is 17.7 Å². The van der Waals surface area contributed by atoms with Gasteiger partial charge in [0, 0.05) is 18.8 Å². The first-order valence-corrected chi connectivity index (χ1v) is 8.37. The Labute approximate surface area is 145 Å². The molecule has 3 rings (SSSR count). The van der Waals surface area contributed by atoms with Crippen molar-refractivity contribution >= 4 is 40.7 Å². The lowest BCUT2D eigenvalue weighted by atomic mass is 9.81. The maximum Gasteiger partial charge on any atom is 0.239 e. The highest BCUT2D eigenvalue weighted by molar-refractivity contribution is 6.42. The zero-order valence-corrected chi connectivity index (χ0v) is 14.5. The SMILES string of the molecule is CC(C)[C@@H](N)C(=O)N1CC[C@]2(C1)C(=O)Nc1cc(Cl)c(Cl)cc12. The van der Waals surface area contributed by atoms with Gasteiger partial charge in [0.1, 0.15) is 0 Å². The first kappa shape index (κ1) is 16.6. The van der Waals surface area contributed by atoms with Crippen LogP contribution in [-0.4, -0.2) is 35.8 Å². The summed E-state index contributed by atoms with van der Waals surface area (Å²) in [5.41, 5.74) is 6.70. The number of amides is 2. The Morgan fingerprint density at radius 1 is 1.35 bits per heavy atom. The van der Waals surface area contributed by atoms with Crippen molar-refractivity contribution in [3.63, 3.8) is 0 Å². The molecule has 2 aliphatic heterocycles. The molecule has 3 N–H and O–H groups in total. The lowest BCUT2D eigenvalue weighted by Gasteiger charge is -2.25. The number of carbonyl (C=O) groups excluding carboxylic acids is 2. The van der Waals surface area contributed by atoms with Crippen LogP contribution in [0.2, 0.25) is 10.0 Å². The highest BCUT2D eigenvalue weighted by Crippen LogP contribution is 2.46. The average molecular weight is 356 g/mol. The number of rotatable bonds is 2. The molecular weight excluding hydrogens is 337 g/mol. The topological polar surface area (TPSA) is 75.4 Å². The van der Waals surface area contributed by atoms with Crippen molar-refractivity contribution in [2.24, 2.45) is 11.7 Å². The van der Waals surface area contributed by atoms with Crippen molar-refractivity contribution in [3.05, 3.63) is 27.7 Å². The molecule has 0 aromatic heterocycles. The monoisotopic (exact) mass is 355 g/mol. The molecule has 0 bridgehead atoms. The Hall–Kier alpha value is -1.30. The smallest absolute Gasteiger partial charge is 0.239 e. The van der Waals surface area contributed by atoms with Gasteiger partial charge in [0.15, 0.2) is 0 Å². The fourth-order valence-electron chi connectivity index (χ4n) is 3.31. The van der Waals surface area contributed by atoms with Crippen LogP contribution in [0.15, 0.2) is 12.1 Å². The summed E-state index contributed by atoms with van der Waals surface area (Å²) in [7, 11) is 0. The summed E-state index contributed by atoms with van der Waals surface area (Å²) in [5, 5.41) is 3.66. The minimum atomic E-state index is -0.754. The Bertz CT molecular complexity index is 692. The summed E-state index contributed by atoms with van der Waals surface area (Å²) in [5.74, 6) is -0.172. The van der Waals surface area contributed by atoms with Gasteiger partial charge >= 0.3 is 0 Å². The van der Waals surface area contributed by atoms with Crippen molar-refractivity contribution in [1.82, 2.24) is 4.90 Å². The Kier molecular flexibility index (Phi) is 4.07. The number of hydrogen-bond acceptors (Lipinski definition) is 3. The van der Waals surface area contributed by atoms with E-state index in [1.165, 1.54) is 0 Å². The minimum absolute atomic E-state index is 0.0528. The van der Waals surface area contributed by atoms with Crippen molar-refractivity contribution < 1.29 is 9.59 Å². The van der Waals surface area contributed by atoms with Gasteiger partial charge in [-0.1, -0.05) is 37.0 Å². The molecule has 1 aromatic rings. The number of nitrogens with one attached hydrogen (secondary N) is 1. The van der Waals surface area contributed by atoms with E-state index >= 15 is 0 Å². The largest absolute Gasteiger partial charge is 0.340 e. The summed E-state index contributed by atoms with van der Waals surface area (Å²) < 4.78 is 0. The molecule has 2 heterocycles. The van der Waals surface area contributed by atoms with E-state index in [1.54, 1.807) is 17.0 Å². The third-order valence-corrected chi connectivity index (χ3v) is 5.57. The van der Waals surface area contributed by atoms with Gasteiger partial charge in [-0.05, 0) is 30.0 Å². The molecule has 7 heteroatoms. The summed E-state index contributed by atoms with van der Waals surface area (Å²) in [6.45, 7) is 4.65. The Morgan fingerprint density at radius 3 is 2.65 bits per heavy atom. The predicted octanol–water partition coefficient (Wildman–Crippen LogP) is 2.40. The lowest BCUT2D eigenvalue weighted by molar-refractivity contribution is -0.132. The van der Waals surface area contributed by atoms with Gasteiger partial charge in [-0.15, -0.1) is 0 Å². The van der Waals surface area contributed by atoms with Gasteiger partial charge in [0.05, 0.1) is 21.5 Å². The number of halogens is 2. The maximum absolute atomic E-state index is 12.6. The van der Waals surface area contributed by atoms with Crippen LogP contribution >= 0.6 is 23.2 Å². The summed E-state index contributed by atoms with van der Waals surface area (Å²) in [6.07, 6.45) is 0.556. The van der Waals surface area contributed by atoms with E-state index in [4.69, 9.17) is 28.9 Å². The summed E-state index contributed by atoms with van der Waals surface area (Å²) in [6, 6.07) is 2.84. The molecule has 2 atom stereocenters. The molecule has 0 unspecified atom stereocenters. The fourth-order valence-corrected chi connectivity index (χ4v) is 3.64. The average Bonchev–Trinajstić information content (AvgIpc) is 3.04. The van der Waals surface area contributed by atoms with Crippen LogP contribution in [0.1, 0.15) is 25.8 Å². The van der Waals surface area contributed by atoms with Crippen molar-refractivity contribution in [1.29, 1.82) is 0 Å². The quantitative estimate of drug-likeness (QED) is 0.855. The van der Waals surface area contributed by atoms with E-state index in [1.807, 2.05) is 13.8 Å². The summed E-state index contributed by atoms with van der Waals surface area (Å²) in [4.78, 5) is 26.8. The summed E-state index contributed by atoms with van der Waals surface area (Å²) >= 11 is 12.1. The second-order valence-electron chi connectivity index (χ2n) is 6.63. The minimum Gasteiger partial charge on any atom is -0.340 e. The van der Waals surface area contributed by atoms with Crippen LogP contribution in [0.5, 0.6) is 0 Å². The number of anilines is 1. The van der Waals surface area contributed by atoms with Crippen molar-refractivity contribution in [2.45, 2.75) is 31.7 Å². The van der Waals surface area contributed by atoms with E-state index in [0.717, 1.165) is 5.56 Å². The van der Waals surface area contributed by atoms with Gasteiger partial charge in [-0.2, -0.15) is 0 Å². The number of carbonyl (C=O) groups is 2. The highest BCUT2D eigenvalue weighted by atomic mass is 35.5. The van der Waals surface area contributed by atoms with Crippen LogP contribution in [0, 0.1) is 5.92 Å². The normalized spacial score (nSPS) is 24.3. The van der Waals surface area contributed by atoms with Crippen LogP contribution < -0.4 is 11.1 Å². The third-order valence-electron chi connectivity index (χ3n) is 4.84. The highest BCUT2D eigenvalue weighted by Gasteiger charge is 2.52. The standard InChI is InChI=1S/C16H19Cl2N3O2/c1-8(2)13(19)14(22)21-4-3-16(7-21)9-5-10(17)11(18)6-12(9)20-15(16)23/h5-6,8,13H,3-4,7,19H2,1-2H3,(H,20,23)/t13-,16-/m1/s1. The maximum atomic E-state index is 12.6. The Balaban J connectivity index is 1.92. The molecule has 1 aromatic carbocycles. The number of benzene rings is 1. The first-order valence-electron chi connectivity index (χ1n) is 7.61. The van der Waals surface area contributed by atoms with E-state index in [0.29, 0.717) is 35.2 Å². The molecule has 1 saturated heterocycles. The van der Waals surface area contributed by atoms with Crippen molar-refractivity contribution in [2.75, 3.05) is 18.4 Å². The third kappa shape index (κ3) is 2.51. The van der Waals surface area contributed by atoms with Crippen LogP contribution in [0.25, 0.3) is 0 Å². The van der Waals surface area contributed by atoms with Gasteiger partial charge < -0.3 is 16.0 Å². The molecule has 2 amide bonds. The van der Waals surface area contributed by atoms with Gasteiger partial charge in [0.25, 0.3) is 0 Å². The molecule has 0 radical (unpaired) electrons. The number of fused-ring (bicyclic) bond motifs is 2. The molecule has 0 saturated carbocycles. The fraction of sp³-hybridized carbons (Fsp3) is 0.500. The lowest BCUT2D eigenvalue weighted by Crippen LogP contribution is -2.47. The van der Waals surface area contributed by atoms with Crippen LogP contribution in [0.3, 0.4) is 0 Å². The number of nitrogens with zero attached hydrogens (tertiary/aromatic N) is 1. The second-order valence-corrected chi connectivity index (χ2v) is 7.44. The molecule has 5 nitrogen and oxygen atoms in total. The van der Waals surface area contributed by atoms with Crippen LogP contribution in [-0.2, 0) is 15.0 Å². The van der Waals surface area contributed by atoms with E-state index in [2.05, 4.69) is 5.32 Å². The van der Waals surface area contributed by atoms with Gasteiger partial charge in [0.2, 0.25) is 11.8 Å². The first-order chi connectivity index (χ1) is 10.8. The van der Waals surface area contributed by atoms with Gasteiger partial charge in [-0.3, -0.25) is 9.59 Å². The van der Waals surface area contributed by atoms with Crippen LogP contribution in [0.4, 0.5) is 5.69 Å². The molecule has 2 aliphatic rings. The zero-order chi connectivity index (χ0) is 16.9. The van der Waals surface area contributed by atoms with E-state index in [9.17, 15) is 9.59 Å². The molecular formula is C16H19Cl2N3O2. The molecule has 0 aliphatic carbocycles. The Morgan fingerprint density at radius 2 is 2.00 bits per heavy atom. The number of hydrogen-bond donors (Lipinski definition) is 2.